The molecular weight excluding hydrogens is 342 g/mol. The van der Waals surface area contributed by atoms with Crippen LogP contribution in [-0.4, -0.2) is 27.9 Å². The minimum atomic E-state index is -0.368. The lowest BCUT2D eigenvalue weighted by Gasteiger charge is -2.10. The van der Waals surface area contributed by atoms with Gasteiger partial charge in [-0.15, -0.1) is 0 Å². The number of anilines is 1. The maximum Gasteiger partial charge on any atom is 0.269 e. The third kappa shape index (κ3) is 5.43. The standard InChI is InChI=1S/C20H21N5O2/c1-15-2-8-18(9-3-15)22-12-19(26)23-24-20(27)17-6-4-16(5-7-17)13-25-11-10-21-14-25/h2-11,14,22H,12-13H2,1H3,(H,23,26)(H,24,27). The van der Waals surface area contributed by atoms with Crippen molar-refractivity contribution in [3.8, 4) is 0 Å². The van der Waals surface area contributed by atoms with Gasteiger partial charge in [0.25, 0.3) is 11.8 Å². The van der Waals surface area contributed by atoms with Crippen molar-refractivity contribution in [3.05, 3.63) is 83.9 Å². The summed E-state index contributed by atoms with van der Waals surface area (Å²) in [7, 11) is 0. The van der Waals surface area contributed by atoms with Crippen molar-refractivity contribution in [1.82, 2.24) is 20.4 Å². The molecule has 3 rings (SSSR count). The van der Waals surface area contributed by atoms with Crippen molar-refractivity contribution < 1.29 is 9.59 Å². The molecule has 0 saturated carbocycles. The van der Waals surface area contributed by atoms with Crippen LogP contribution >= 0.6 is 0 Å². The minimum Gasteiger partial charge on any atom is -0.376 e. The number of nitrogens with one attached hydrogen (secondary N) is 3. The van der Waals surface area contributed by atoms with Gasteiger partial charge in [-0.3, -0.25) is 20.4 Å². The van der Waals surface area contributed by atoms with E-state index >= 15 is 0 Å². The molecular formula is C20H21N5O2. The monoisotopic (exact) mass is 363 g/mol. The van der Waals surface area contributed by atoms with Crippen LogP contribution in [0.5, 0.6) is 0 Å². The third-order valence-corrected chi connectivity index (χ3v) is 3.96. The van der Waals surface area contributed by atoms with Gasteiger partial charge in [0.2, 0.25) is 0 Å². The molecule has 0 atom stereocenters. The zero-order chi connectivity index (χ0) is 19.1. The van der Waals surface area contributed by atoms with E-state index in [1.807, 2.05) is 54.1 Å². The van der Waals surface area contributed by atoms with Gasteiger partial charge in [0.15, 0.2) is 0 Å². The van der Waals surface area contributed by atoms with Gasteiger partial charge in [0.05, 0.1) is 12.9 Å². The number of aryl methyl sites for hydroxylation is 1. The smallest absolute Gasteiger partial charge is 0.269 e. The zero-order valence-electron chi connectivity index (χ0n) is 15.0. The summed E-state index contributed by atoms with van der Waals surface area (Å²) in [6.45, 7) is 2.74. The Bertz CT molecular complexity index is 887. The number of benzene rings is 2. The number of rotatable bonds is 6. The molecule has 27 heavy (non-hydrogen) atoms. The van der Waals surface area contributed by atoms with Gasteiger partial charge in [-0.1, -0.05) is 29.8 Å². The van der Waals surface area contributed by atoms with Crippen molar-refractivity contribution in [2.24, 2.45) is 0 Å². The molecule has 0 radical (unpaired) electrons. The van der Waals surface area contributed by atoms with Gasteiger partial charge in [-0.05, 0) is 36.8 Å². The van der Waals surface area contributed by atoms with Crippen LogP contribution in [0, 0.1) is 6.92 Å². The van der Waals surface area contributed by atoms with E-state index in [-0.39, 0.29) is 18.4 Å². The summed E-state index contributed by atoms with van der Waals surface area (Å²) in [6, 6.07) is 14.9. The average Bonchev–Trinajstić information content (AvgIpc) is 3.19. The second-order valence-corrected chi connectivity index (χ2v) is 6.15. The number of amides is 2. The number of nitrogens with zero attached hydrogens (tertiary/aromatic N) is 2. The molecule has 1 heterocycles. The SMILES string of the molecule is Cc1ccc(NCC(=O)NNC(=O)c2ccc(Cn3ccnc3)cc2)cc1. The molecule has 0 spiro atoms. The largest absolute Gasteiger partial charge is 0.376 e. The number of aromatic nitrogens is 2. The molecule has 3 aromatic rings. The Balaban J connectivity index is 1.44. The molecule has 2 amide bonds. The summed E-state index contributed by atoms with van der Waals surface area (Å²) in [5.74, 6) is -0.700. The van der Waals surface area contributed by atoms with Crippen LogP contribution in [0.15, 0.2) is 67.3 Å². The molecule has 1 aromatic heterocycles. The molecule has 0 fully saturated rings. The zero-order valence-corrected chi connectivity index (χ0v) is 15.0. The van der Waals surface area contributed by atoms with Gasteiger partial charge in [0, 0.05) is 30.2 Å². The van der Waals surface area contributed by atoms with E-state index < -0.39 is 0 Å². The number of carbonyl (C=O) groups is 2. The molecule has 0 aliphatic carbocycles. The van der Waals surface area contributed by atoms with Crippen LogP contribution in [0.2, 0.25) is 0 Å². The quantitative estimate of drug-likeness (QED) is 0.586. The van der Waals surface area contributed by atoms with Crippen LogP contribution in [0.25, 0.3) is 0 Å². The first-order valence-electron chi connectivity index (χ1n) is 8.54. The molecule has 0 unspecified atom stereocenters. The Kier molecular flexibility index (Phi) is 5.84. The van der Waals surface area contributed by atoms with Crippen LogP contribution in [0.3, 0.4) is 0 Å². The van der Waals surface area contributed by atoms with E-state index in [9.17, 15) is 9.59 Å². The molecule has 7 nitrogen and oxygen atoms in total. The molecule has 0 saturated heterocycles. The average molecular weight is 363 g/mol. The maximum atomic E-state index is 12.1. The number of hydrogen-bond acceptors (Lipinski definition) is 4. The summed E-state index contributed by atoms with van der Waals surface area (Å²) in [5.41, 5.74) is 8.33. The Labute approximate surface area is 157 Å². The number of hydrazine groups is 1. The molecule has 0 bridgehead atoms. The summed E-state index contributed by atoms with van der Waals surface area (Å²) in [4.78, 5) is 28.0. The highest BCUT2D eigenvalue weighted by Gasteiger charge is 2.07. The second kappa shape index (κ2) is 8.66. The highest BCUT2D eigenvalue weighted by molar-refractivity contribution is 5.95. The third-order valence-electron chi connectivity index (χ3n) is 3.96. The van der Waals surface area contributed by atoms with E-state index in [4.69, 9.17) is 0 Å². The van der Waals surface area contributed by atoms with Crippen molar-refractivity contribution in [2.45, 2.75) is 13.5 Å². The fraction of sp³-hybridized carbons (Fsp3) is 0.150. The second-order valence-electron chi connectivity index (χ2n) is 6.15. The van der Waals surface area contributed by atoms with E-state index in [0.717, 1.165) is 16.8 Å². The molecule has 3 N–H and O–H groups in total. The minimum absolute atomic E-state index is 0.0627. The Morgan fingerprint density at radius 2 is 1.74 bits per heavy atom. The highest BCUT2D eigenvalue weighted by Crippen LogP contribution is 2.08. The highest BCUT2D eigenvalue weighted by atomic mass is 16.2. The molecule has 7 heteroatoms. The van der Waals surface area contributed by atoms with Crippen LogP contribution in [0.4, 0.5) is 5.69 Å². The number of hydrogen-bond donors (Lipinski definition) is 3. The fourth-order valence-electron chi connectivity index (χ4n) is 2.45. The van der Waals surface area contributed by atoms with Gasteiger partial charge < -0.3 is 9.88 Å². The van der Waals surface area contributed by atoms with Crippen molar-refractivity contribution >= 4 is 17.5 Å². The number of carbonyl (C=O) groups excluding carboxylic acids is 2. The maximum absolute atomic E-state index is 12.1. The summed E-state index contributed by atoms with van der Waals surface area (Å²) >= 11 is 0. The van der Waals surface area contributed by atoms with E-state index in [1.165, 1.54) is 0 Å². The molecule has 0 aliphatic rings. The van der Waals surface area contributed by atoms with Crippen LogP contribution in [0.1, 0.15) is 21.5 Å². The summed E-state index contributed by atoms with van der Waals surface area (Å²) < 4.78 is 1.94. The summed E-state index contributed by atoms with van der Waals surface area (Å²) in [5, 5.41) is 2.99. The van der Waals surface area contributed by atoms with Crippen molar-refractivity contribution in [3.63, 3.8) is 0 Å². The Morgan fingerprint density at radius 3 is 2.41 bits per heavy atom. The Morgan fingerprint density at radius 1 is 1.00 bits per heavy atom. The normalized spacial score (nSPS) is 10.3. The number of imidazole rings is 1. The lowest BCUT2D eigenvalue weighted by Crippen LogP contribution is -2.44. The van der Waals surface area contributed by atoms with E-state index in [1.54, 1.807) is 24.7 Å². The fourth-order valence-corrected chi connectivity index (χ4v) is 2.45. The van der Waals surface area contributed by atoms with E-state index in [2.05, 4.69) is 21.2 Å². The van der Waals surface area contributed by atoms with Gasteiger partial charge in [-0.2, -0.15) is 0 Å². The summed E-state index contributed by atoms with van der Waals surface area (Å²) in [6.07, 6.45) is 5.33. The van der Waals surface area contributed by atoms with Crippen molar-refractivity contribution in [1.29, 1.82) is 0 Å². The van der Waals surface area contributed by atoms with Gasteiger partial charge in [-0.25, -0.2) is 4.98 Å². The lowest BCUT2D eigenvalue weighted by molar-refractivity contribution is -0.120. The van der Waals surface area contributed by atoms with Crippen LogP contribution < -0.4 is 16.2 Å². The van der Waals surface area contributed by atoms with Crippen molar-refractivity contribution in [2.75, 3.05) is 11.9 Å². The predicted molar refractivity (Wildman–Crippen MR) is 103 cm³/mol. The van der Waals surface area contributed by atoms with Gasteiger partial charge in [0.1, 0.15) is 0 Å². The predicted octanol–water partition coefficient (Wildman–Crippen LogP) is 2.11. The lowest BCUT2D eigenvalue weighted by atomic mass is 10.1. The topological polar surface area (TPSA) is 88.0 Å². The Hall–Kier alpha value is -3.61. The first kappa shape index (κ1) is 18.2. The molecule has 2 aromatic carbocycles. The first-order chi connectivity index (χ1) is 13.1. The first-order valence-corrected chi connectivity index (χ1v) is 8.54. The van der Waals surface area contributed by atoms with Gasteiger partial charge >= 0.3 is 0 Å². The van der Waals surface area contributed by atoms with E-state index in [0.29, 0.717) is 12.1 Å². The molecule has 0 aliphatic heterocycles. The molecule has 138 valence electrons. The van der Waals surface area contributed by atoms with Crippen LogP contribution in [-0.2, 0) is 11.3 Å².